The smallest absolute Gasteiger partial charge is 0.321 e. The topological polar surface area (TPSA) is 158 Å². The highest BCUT2D eigenvalue weighted by molar-refractivity contribution is 7.80. The molecular formula is C24H37NO7S. The van der Waals surface area contributed by atoms with Gasteiger partial charge in [0.2, 0.25) is 0 Å². The maximum absolute atomic E-state index is 12.4. The van der Waals surface area contributed by atoms with Crippen LogP contribution in [0.2, 0.25) is 0 Å². The van der Waals surface area contributed by atoms with Crippen molar-refractivity contribution in [3.63, 3.8) is 0 Å². The quantitative estimate of drug-likeness (QED) is 0.325. The SMILES string of the molecule is C[C@]12CCC(=O)C=C1CC[C@@H]1[C@@H]2[C@@H](O)C[C@@]2(C)[C@H]1CC[C@]2(O)C(=O)CO.N[C@@H](CS)C(=O)O. The fourth-order valence-corrected chi connectivity index (χ4v) is 7.52. The average Bonchev–Trinajstić information content (AvgIpc) is 3.04. The summed E-state index contributed by atoms with van der Waals surface area (Å²) < 4.78 is 0. The van der Waals surface area contributed by atoms with Crippen molar-refractivity contribution in [2.24, 2.45) is 34.3 Å². The third-order valence-electron chi connectivity index (χ3n) is 9.17. The van der Waals surface area contributed by atoms with Gasteiger partial charge in [0.1, 0.15) is 18.2 Å². The molecule has 3 fully saturated rings. The molecule has 9 heteroatoms. The molecule has 3 saturated carbocycles. The molecule has 0 aliphatic heterocycles. The zero-order valence-electron chi connectivity index (χ0n) is 19.4. The number of carbonyl (C=O) groups is 3. The minimum atomic E-state index is -1.54. The molecule has 0 amide bonds. The van der Waals surface area contributed by atoms with Gasteiger partial charge in [-0.1, -0.05) is 19.4 Å². The molecular weight excluding hydrogens is 446 g/mol. The zero-order valence-corrected chi connectivity index (χ0v) is 20.3. The van der Waals surface area contributed by atoms with Gasteiger partial charge in [-0.15, -0.1) is 0 Å². The van der Waals surface area contributed by atoms with Crippen LogP contribution in [-0.2, 0) is 14.4 Å². The Morgan fingerprint density at radius 1 is 1.24 bits per heavy atom. The highest BCUT2D eigenvalue weighted by atomic mass is 32.1. The Kier molecular flexibility index (Phi) is 7.52. The normalized spacial score (nSPS) is 42.6. The molecule has 4 aliphatic rings. The summed E-state index contributed by atoms with van der Waals surface area (Å²) in [5.41, 5.74) is 3.71. The van der Waals surface area contributed by atoms with Crippen LogP contribution in [0, 0.1) is 28.6 Å². The number of ketones is 2. The molecule has 8 nitrogen and oxygen atoms in total. The summed E-state index contributed by atoms with van der Waals surface area (Å²) in [5, 5.41) is 39.7. The fourth-order valence-electron chi connectivity index (χ4n) is 7.36. The van der Waals surface area contributed by atoms with E-state index in [9.17, 15) is 29.7 Å². The number of carbonyl (C=O) groups excluding carboxylic acids is 2. The molecule has 0 aromatic carbocycles. The molecule has 33 heavy (non-hydrogen) atoms. The van der Waals surface area contributed by atoms with Gasteiger partial charge in [-0.05, 0) is 67.8 Å². The standard InChI is InChI=1S/C21H30O5.C3H7NO2S/c1-19-7-5-13(23)9-12(19)3-4-14-15-6-8-21(26,17(25)11-22)20(15,2)10-16(24)18(14)19;4-2(1-7)3(5)6/h9,14-16,18,22,24,26H,3-8,10-11H2,1-2H3;2,7H,1,4H2,(H,5,6)/t14-,15-,16-,18+,19-,20-,21-;2-/m00/s1. The Balaban J connectivity index is 0.000000383. The number of aliphatic hydroxyl groups is 3. The van der Waals surface area contributed by atoms with E-state index in [0.29, 0.717) is 19.3 Å². The van der Waals surface area contributed by atoms with E-state index in [0.717, 1.165) is 25.7 Å². The number of rotatable bonds is 4. The summed E-state index contributed by atoms with van der Waals surface area (Å²) in [4.78, 5) is 34.0. The number of thiol groups is 1. The number of allylic oxidation sites excluding steroid dienone is 1. The lowest BCUT2D eigenvalue weighted by Crippen LogP contribution is -2.62. The lowest BCUT2D eigenvalue weighted by molar-refractivity contribution is -0.182. The van der Waals surface area contributed by atoms with Gasteiger partial charge >= 0.3 is 5.97 Å². The Morgan fingerprint density at radius 2 is 1.91 bits per heavy atom. The Hall–Kier alpha value is -1.26. The van der Waals surface area contributed by atoms with Crippen LogP contribution in [0.4, 0.5) is 0 Å². The summed E-state index contributed by atoms with van der Waals surface area (Å²) in [7, 11) is 0. The molecule has 0 saturated heterocycles. The lowest BCUT2D eigenvalue weighted by atomic mass is 9.45. The van der Waals surface area contributed by atoms with Crippen molar-refractivity contribution in [3.8, 4) is 0 Å². The van der Waals surface area contributed by atoms with Crippen molar-refractivity contribution in [3.05, 3.63) is 11.6 Å². The van der Waals surface area contributed by atoms with Gasteiger partial charge in [0.25, 0.3) is 0 Å². The van der Waals surface area contributed by atoms with Gasteiger partial charge in [0, 0.05) is 17.6 Å². The number of hydrogen-bond acceptors (Lipinski definition) is 8. The molecule has 0 heterocycles. The summed E-state index contributed by atoms with van der Waals surface area (Å²) in [6, 6.07) is -0.816. The van der Waals surface area contributed by atoms with Gasteiger partial charge in [-0.2, -0.15) is 12.6 Å². The van der Waals surface area contributed by atoms with E-state index >= 15 is 0 Å². The number of nitrogens with two attached hydrogens (primary N) is 1. The summed E-state index contributed by atoms with van der Waals surface area (Å²) >= 11 is 3.65. The van der Waals surface area contributed by atoms with Gasteiger partial charge in [-0.25, -0.2) is 0 Å². The first-order valence-electron chi connectivity index (χ1n) is 11.7. The van der Waals surface area contributed by atoms with Crippen molar-refractivity contribution in [1.82, 2.24) is 0 Å². The fraction of sp³-hybridized carbons (Fsp3) is 0.792. The molecule has 186 valence electrons. The lowest BCUT2D eigenvalue weighted by Gasteiger charge is -2.60. The maximum atomic E-state index is 12.4. The summed E-state index contributed by atoms with van der Waals surface area (Å²) in [6.07, 6.45) is 5.74. The van der Waals surface area contributed by atoms with E-state index in [4.69, 9.17) is 10.8 Å². The van der Waals surface area contributed by atoms with E-state index in [1.807, 2.05) is 6.92 Å². The van der Waals surface area contributed by atoms with Crippen LogP contribution >= 0.6 is 12.6 Å². The third-order valence-corrected chi connectivity index (χ3v) is 9.56. The minimum absolute atomic E-state index is 0.0697. The van der Waals surface area contributed by atoms with Crippen LogP contribution in [0.15, 0.2) is 11.6 Å². The van der Waals surface area contributed by atoms with E-state index in [-0.39, 0.29) is 34.7 Å². The van der Waals surface area contributed by atoms with E-state index in [1.165, 1.54) is 5.57 Å². The van der Waals surface area contributed by atoms with Crippen LogP contribution in [-0.4, -0.2) is 68.1 Å². The molecule has 0 spiro atoms. The second-order valence-electron chi connectivity index (χ2n) is 10.7. The molecule has 0 unspecified atom stereocenters. The van der Waals surface area contributed by atoms with Gasteiger partial charge in [0.15, 0.2) is 11.6 Å². The monoisotopic (exact) mass is 483 g/mol. The molecule has 0 aromatic heterocycles. The van der Waals surface area contributed by atoms with Gasteiger partial charge < -0.3 is 26.2 Å². The third kappa shape index (κ3) is 4.20. The number of hydrogen-bond donors (Lipinski definition) is 6. The number of carboxylic acids is 1. The predicted molar refractivity (Wildman–Crippen MR) is 125 cm³/mol. The van der Waals surface area contributed by atoms with Crippen molar-refractivity contribution in [1.29, 1.82) is 0 Å². The van der Waals surface area contributed by atoms with Crippen molar-refractivity contribution in [2.75, 3.05) is 12.4 Å². The first kappa shape index (κ1) is 26.3. The molecule has 0 aromatic rings. The van der Waals surface area contributed by atoms with Crippen LogP contribution in [0.5, 0.6) is 0 Å². The Bertz CT molecular complexity index is 847. The van der Waals surface area contributed by atoms with E-state index < -0.39 is 41.5 Å². The first-order valence-corrected chi connectivity index (χ1v) is 12.4. The molecule has 0 radical (unpaired) electrons. The largest absolute Gasteiger partial charge is 0.480 e. The molecule has 0 bridgehead atoms. The van der Waals surface area contributed by atoms with E-state index in [1.54, 1.807) is 6.08 Å². The highest BCUT2D eigenvalue weighted by Gasteiger charge is 2.68. The maximum Gasteiger partial charge on any atom is 0.321 e. The average molecular weight is 484 g/mol. The van der Waals surface area contributed by atoms with Crippen molar-refractivity contribution in [2.45, 2.75) is 76.5 Å². The number of aliphatic hydroxyl groups excluding tert-OH is 2. The second-order valence-corrected chi connectivity index (χ2v) is 11.0. The van der Waals surface area contributed by atoms with Crippen molar-refractivity contribution < 1.29 is 34.8 Å². The predicted octanol–water partition coefficient (Wildman–Crippen LogP) is 1.11. The highest BCUT2D eigenvalue weighted by Crippen LogP contribution is 2.67. The van der Waals surface area contributed by atoms with Crippen LogP contribution in [0.1, 0.15) is 58.8 Å². The molecule has 4 rings (SSSR count). The van der Waals surface area contributed by atoms with Gasteiger partial charge in [0.05, 0.1) is 6.10 Å². The molecule has 6 N–H and O–H groups in total. The second kappa shape index (κ2) is 9.41. The number of aliphatic carboxylic acids is 1. The number of fused-ring (bicyclic) bond motifs is 5. The van der Waals surface area contributed by atoms with Crippen LogP contribution in [0.25, 0.3) is 0 Å². The zero-order chi connectivity index (χ0) is 24.8. The Labute approximate surface area is 200 Å². The summed E-state index contributed by atoms with van der Waals surface area (Å²) in [5.74, 6) is -0.675. The van der Waals surface area contributed by atoms with Crippen molar-refractivity contribution >= 4 is 30.2 Å². The van der Waals surface area contributed by atoms with Crippen LogP contribution < -0.4 is 5.73 Å². The molecule has 8 atom stereocenters. The first-order chi connectivity index (χ1) is 15.4. The number of Topliss-reactive ketones (excluding diaryl/α,β-unsaturated/α-hetero) is 1. The summed E-state index contributed by atoms with van der Waals surface area (Å²) in [6.45, 7) is 3.46. The van der Waals surface area contributed by atoms with E-state index in [2.05, 4.69) is 19.6 Å². The molecule has 4 aliphatic carbocycles. The van der Waals surface area contributed by atoms with Crippen LogP contribution in [0.3, 0.4) is 0 Å². The number of carboxylic acid groups (broad SMARTS) is 1. The van der Waals surface area contributed by atoms with Gasteiger partial charge in [-0.3, -0.25) is 14.4 Å². The Morgan fingerprint density at radius 3 is 2.45 bits per heavy atom. The minimum Gasteiger partial charge on any atom is -0.480 e.